The lowest BCUT2D eigenvalue weighted by Gasteiger charge is -2.30. The Hall–Kier alpha value is -2.96. The van der Waals surface area contributed by atoms with Crippen LogP contribution in [-0.4, -0.2) is 45.5 Å². The monoisotopic (exact) mass is 474 g/mol. The second-order valence-corrected chi connectivity index (χ2v) is 11.7. The highest BCUT2D eigenvalue weighted by Gasteiger charge is 2.55. The largest absolute Gasteiger partial charge is 0.444 e. The van der Waals surface area contributed by atoms with Crippen LogP contribution in [0.4, 0.5) is 4.79 Å². The Morgan fingerprint density at radius 2 is 2.03 bits per heavy atom. The average Bonchev–Trinajstić information content (AvgIpc) is 3.68. The summed E-state index contributed by atoms with van der Waals surface area (Å²) >= 11 is 0. The van der Waals surface area contributed by atoms with Crippen LogP contribution >= 0.6 is 0 Å². The Morgan fingerprint density at radius 1 is 1.23 bits per heavy atom. The first-order valence-electron chi connectivity index (χ1n) is 12.9. The first kappa shape index (κ1) is 22.5. The number of allylic oxidation sites excluding steroid dienone is 2. The number of rotatable bonds is 6. The second kappa shape index (κ2) is 8.32. The molecule has 0 N–H and O–H groups in total. The minimum absolute atomic E-state index is 0.141. The molecule has 3 atom stereocenters. The molecule has 0 radical (unpaired) electrons. The van der Waals surface area contributed by atoms with Crippen LogP contribution in [0.25, 0.3) is 0 Å². The van der Waals surface area contributed by atoms with Crippen molar-refractivity contribution >= 4 is 12.3 Å². The molecular formula is C28H34N4O3. The van der Waals surface area contributed by atoms with Crippen molar-refractivity contribution in [1.82, 2.24) is 15.0 Å². The van der Waals surface area contributed by atoms with Gasteiger partial charge in [-0.15, -0.1) is 0 Å². The molecule has 0 spiro atoms. The summed E-state index contributed by atoms with van der Waals surface area (Å²) in [5.41, 5.74) is 3.17. The smallest absolute Gasteiger partial charge is 0.410 e. The van der Waals surface area contributed by atoms with Crippen molar-refractivity contribution in [3.8, 4) is 0 Å². The maximum absolute atomic E-state index is 13.3. The molecule has 2 fully saturated rings. The molecule has 3 aliphatic carbocycles. The summed E-state index contributed by atoms with van der Waals surface area (Å²) in [6, 6.07) is 10.6. The van der Waals surface area contributed by atoms with Crippen LogP contribution < -0.4 is 0 Å². The number of ether oxygens (including phenoxy) is 1. The van der Waals surface area contributed by atoms with Gasteiger partial charge in [0.25, 0.3) is 0 Å². The summed E-state index contributed by atoms with van der Waals surface area (Å²) < 4.78 is 11.7. The van der Waals surface area contributed by atoms with Crippen molar-refractivity contribution < 1.29 is 14.1 Å². The van der Waals surface area contributed by atoms with Gasteiger partial charge in [0.05, 0.1) is 5.41 Å². The van der Waals surface area contributed by atoms with E-state index >= 15 is 0 Å². The topological polar surface area (TPSA) is 80.8 Å². The lowest BCUT2D eigenvalue weighted by atomic mass is 9.86. The number of aromatic nitrogens is 2. The van der Waals surface area contributed by atoms with Crippen LogP contribution in [0.1, 0.15) is 94.8 Å². The standard InChI is InChI=1S/C28H34N4O3/c1-27(2,3)34-26(33)32(23-16-21(23)18-7-5-4-6-8-18)17-28(12-13-28)25-30-24(35-31-25)20-9-10-22-19(15-20)11-14-29-22/h4-8,14,20-21,23H,9-13,15-17H2,1-3H3/t20?,21?,23-/m0/s1. The molecule has 0 bridgehead atoms. The molecule has 7 nitrogen and oxygen atoms in total. The van der Waals surface area contributed by atoms with Gasteiger partial charge >= 0.3 is 6.09 Å². The molecule has 2 heterocycles. The van der Waals surface area contributed by atoms with Crippen LogP contribution in [0.5, 0.6) is 0 Å². The highest BCUT2D eigenvalue weighted by Crippen LogP contribution is 2.52. The van der Waals surface area contributed by atoms with Crippen molar-refractivity contribution in [2.75, 3.05) is 6.54 Å². The molecule has 0 saturated heterocycles. The first-order valence-corrected chi connectivity index (χ1v) is 12.9. The first-order chi connectivity index (χ1) is 16.8. The average molecular weight is 475 g/mol. The molecule has 7 heteroatoms. The minimum Gasteiger partial charge on any atom is -0.444 e. The molecular weight excluding hydrogens is 440 g/mol. The second-order valence-electron chi connectivity index (χ2n) is 11.7. The van der Waals surface area contributed by atoms with E-state index in [1.165, 1.54) is 16.8 Å². The normalized spacial score (nSPS) is 26.4. The molecule has 2 unspecified atom stereocenters. The Bertz CT molecular complexity index is 1170. The van der Waals surface area contributed by atoms with E-state index in [1.807, 2.05) is 38.0 Å². The van der Waals surface area contributed by atoms with E-state index in [0.717, 1.165) is 56.7 Å². The van der Waals surface area contributed by atoms with Crippen molar-refractivity contribution in [1.29, 1.82) is 0 Å². The van der Waals surface area contributed by atoms with Gasteiger partial charge in [0.1, 0.15) is 5.60 Å². The van der Waals surface area contributed by atoms with Gasteiger partial charge in [0, 0.05) is 42.8 Å². The zero-order chi connectivity index (χ0) is 24.2. The van der Waals surface area contributed by atoms with E-state index in [9.17, 15) is 4.79 Å². The highest BCUT2D eigenvalue weighted by molar-refractivity contribution is 5.70. The van der Waals surface area contributed by atoms with Gasteiger partial charge in [-0.2, -0.15) is 4.98 Å². The van der Waals surface area contributed by atoms with Crippen molar-refractivity contribution in [3.63, 3.8) is 0 Å². The van der Waals surface area contributed by atoms with Gasteiger partial charge in [-0.05, 0) is 70.4 Å². The van der Waals surface area contributed by atoms with E-state index in [-0.39, 0.29) is 23.5 Å². The van der Waals surface area contributed by atoms with E-state index in [1.54, 1.807) is 0 Å². The third kappa shape index (κ3) is 4.53. The van der Waals surface area contributed by atoms with E-state index in [2.05, 4.69) is 34.4 Å². The van der Waals surface area contributed by atoms with E-state index in [0.29, 0.717) is 12.5 Å². The summed E-state index contributed by atoms with van der Waals surface area (Å²) in [4.78, 5) is 24.7. The molecule has 2 aromatic rings. The predicted molar refractivity (Wildman–Crippen MR) is 132 cm³/mol. The number of benzene rings is 1. The summed E-state index contributed by atoms with van der Waals surface area (Å²) in [6.45, 7) is 6.33. The fourth-order valence-corrected chi connectivity index (χ4v) is 5.61. The summed E-state index contributed by atoms with van der Waals surface area (Å²) in [5.74, 6) is 2.10. The van der Waals surface area contributed by atoms with Crippen LogP contribution in [0.3, 0.4) is 0 Å². The maximum Gasteiger partial charge on any atom is 0.410 e. The molecule has 6 rings (SSSR count). The molecule has 2 saturated carbocycles. The number of nitrogens with zero attached hydrogens (tertiary/aromatic N) is 4. The van der Waals surface area contributed by atoms with Gasteiger partial charge in [-0.3, -0.25) is 4.99 Å². The number of hydrogen-bond donors (Lipinski definition) is 0. The fourth-order valence-electron chi connectivity index (χ4n) is 5.61. The van der Waals surface area contributed by atoms with Gasteiger partial charge in [0.2, 0.25) is 5.89 Å². The lowest BCUT2D eigenvalue weighted by molar-refractivity contribution is 0.0208. The van der Waals surface area contributed by atoms with Crippen LogP contribution in [0.2, 0.25) is 0 Å². The Labute approximate surface area is 206 Å². The summed E-state index contributed by atoms with van der Waals surface area (Å²) in [7, 11) is 0. The molecule has 1 aromatic heterocycles. The molecule has 1 aliphatic heterocycles. The Balaban J connectivity index is 1.20. The third-order valence-corrected chi connectivity index (χ3v) is 7.82. The SMILES string of the molecule is CC(C)(C)OC(=O)N(CC1(c2noc(C3CCC4=C(CC=N4)C3)n2)CC1)[C@H]1CC1c1ccccc1. The fraction of sp³-hybridized carbons (Fsp3) is 0.571. The molecule has 1 aromatic carbocycles. The van der Waals surface area contributed by atoms with E-state index < -0.39 is 5.60 Å². The van der Waals surface area contributed by atoms with Gasteiger partial charge < -0.3 is 14.2 Å². The van der Waals surface area contributed by atoms with Gasteiger partial charge in [-0.25, -0.2) is 4.79 Å². The molecule has 35 heavy (non-hydrogen) atoms. The summed E-state index contributed by atoms with van der Waals surface area (Å²) in [5, 5.41) is 4.44. The Kier molecular flexibility index (Phi) is 5.35. The molecule has 4 aliphatic rings. The predicted octanol–water partition coefficient (Wildman–Crippen LogP) is 5.89. The number of hydrogen-bond acceptors (Lipinski definition) is 6. The zero-order valence-electron chi connectivity index (χ0n) is 20.9. The van der Waals surface area contributed by atoms with Crippen LogP contribution in [0, 0.1) is 0 Å². The quantitative estimate of drug-likeness (QED) is 0.521. The Morgan fingerprint density at radius 3 is 2.77 bits per heavy atom. The molecule has 184 valence electrons. The van der Waals surface area contributed by atoms with Crippen molar-refractivity contribution in [2.24, 2.45) is 4.99 Å². The minimum atomic E-state index is -0.541. The molecule has 1 amide bonds. The number of aliphatic imine (C=N–C) groups is 1. The van der Waals surface area contributed by atoms with Crippen LogP contribution in [0.15, 0.2) is 51.1 Å². The number of carbonyl (C=O) groups excluding carboxylic acids is 1. The van der Waals surface area contributed by atoms with Crippen LogP contribution in [-0.2, 0) is 10.2 Å². The maximum atomic E-state index is 13.3. The highest BCUT2D eigenvalue weighted by atomic mass is 16.6. The number of amides is 1. The lowest BCUT2D eigenvalue weighted by Crippen LogP contribution is -2.43. The van der Waals surface area contributed by atoms with Crippen molar-refractivity contribution in [2.45, 2.75) is 94.6 Å². The van der Waals surface area contributed by atoms with E-state index in [4.69, 9.17) is 14.2 Å². The third-order valence-electron chi connectivity index (χ3n) is 7.82. The summed E-state index contributed by atoms with van der Waals surface area (Å²) in [6.07, 6.45) is 8.52. The number of carbonyl (C=O) groups is 1. The zero-order valence-corrected chi connectivity index (χ0v) is 20.9. The van der Waals surface area contributed by atoms with Crippen molar-refractivity contribution in [3.05, 3.63) is 58.9 Å². The van der Waals surface area contributed by atoms with Gasteiger partial charge in [-0.1, -0.05) is 35.5 Å². The van der Waals surface area contributed by atoms with Gasteiger partial charge in [0.15, 0.2) is 5.82 Å².